The zero-order chi connectivity index (χ0) is 12.4. The zero-order valence-electron chi connectivity index (χ0n) is 11.5. The van der Waals surface area contributed by atoms with Gasteiger partial charge in [-0.3, -0.25) is 4.79 Å². The topological polar surface area (TPSA) is 29.1 Å². The first-order valence-corrected chi connectivity index (χ1v) is 6.77. The molecule has 0 spiro atoms. The molecule has 0 aromatic rings. The van der Waals surface area contributed by atoms with Crippen molar-refractivity contribution < 1.29 is 4.79 Å². The predicted octanol–water partition coefficient (Wildman–Crippen LogP) is 3.55. The molecule has 0 rings (SSSR count). The number of unbranched alkanes of at least 4 members (excludes halogenated alkanes) is 2. The molecule has 0 fully saturated rings. The average Bonchev–Trinajstić information content (AvgIpc) is 2.19. The molecule has 0 aliphatic heterocycles. The highest BCUT2D eigenvalue weighted by Crippen LogP contribution is 2.08. The second kappa shape index (κ2) is 9.83. The van der Waals surface area contributed by atoms with Gasteiger partial charge >= 0.3 is 0 Å². The summed E-state index contributed by atoms with van der Waals surface area (Å²) in [4.78, 5) is 11.5. The summed E-state index contributed by atoms with van der Waals surface area (Å²) in [5.74, 6) is 1.10. The Morgan fingerprint density at radius 1 is 1.00 bits per heavy atom. The predicted molar refractivity (Wildman–Crippen MR) is 70.7 cm³/mol. The van der Waals surface area contributed by atoms with E-state index < -0.39 is 0 Å². The fourth-order valence-corrected chi connectivity index (χ4v) is 1.59. The molecular weight excluding hydrogens is 198 g/mol. The highest BCUT2D eigenvalue weighted by Gasteiger charge is 2.03. The van der Waals surface area contributed by atoms with Crippen molar-refractivity contribution >= 4 is 5.78 Å². The Morgan fingerprint density at radius 2 is 1.69 bits per heavy atom. The second-order valence-corrected chi connectivity index (χ2v) is 5.39. The molecule has 0 aliphatic carbocycles. The van der Waals surface area contributed by atoms with Gasteiger partial charge in [0, 0.05) is 18.9 Å². The van der Waals surface area contributed by atoms with Gasteiger partial charge in [0.1, 0.15) is 5.78 Å². The van der Waals surface area contributed by atoms with Crippen LogP contribution in [0.3, 0.4) is 0 Å². The lowest BCUT2D eigenvalue weighted by Gasteiger charge is -2.07. The van der Waals surface area contributed by atoms with Gasteiger partial charge in [0.2, 0.25) is 0 Å². The Hall–Kier alpha value is -0.370. The van der Waals surface area contributed by atoms with E-state index >= 15 is 0 Å². The SMILES string of the molecule is CC(C)CCC(=O)CCCCCNC(C)C. The molecule has 16 heavy (non-hydrogen) atoms. The van der Waals surface area contributed by atoms with Crippen LogP contribution in [0, 0.1) is 5.92 Å². The molecule has 0 radical (unpaired) electrons. The van der Waals surface area contributed by atoms with Crippen LogP contribution in [-0.2, 0) is 4.79 Å². The Balaban J connectivity index is 3.21. The van der Waals surface area contributed by atoms with Crippen molar-refractivity contribution in [3.63, 3.8) is 0 Å². The Morgan fingerprint density at radius 3 is 2.25 bits per heavy atom. The maximum atomic E-state index is 11.5. The van der Waals surface area contributed by atoms with Crippen LogP contribution in [0.4, 0.5) is 0 Å². The van der Waals surface area contributed by atoms with Gasteiger partial charge in [0.05, 0.1) is 0 Å². The number of nitrogens with one attached hydrogen (secondary N) is 1. The number of hydrogen-bond donors (Lipinski definition) is 1. The van der Waals surface area contributed by atoms with Crippen LogP contribution >= 0.6 is 0 Å². The lowest BCUT2D eigenvalue weighted by molar-refractivity contribution is -0.119. The smallest absolute Gasteiger partial charge is 0.132 e. The van der Waals surface area contributed by atoms with E-state index in [1.807, 2.05) is 0 Å². The van der Waals surface area contributed by atoms with Crippen molar-refractivity contribution in [2.24, 2.45) is 5.92 Å². The van der Waals surface area contributed by atoms with Crippen LogP contribution in [0.2, 0.25) is 0 Å². The fourth-order valence-electron chi connectivity index (χ4n) is 1.59. The second-order valence-electron chi connectivity index (χ2n) is 5.39. The number of hydrogen-bond acceptors (Lipinski definition) is 2. The van der Waals surface area contributed by atoms with Gasteiger partial charge in [0.25, 0.3) is 0 Å². The first kappa shape index (κ1) is 15.6. The molecule has 0 amide bonds. The summed E-state index contributed by atoms with van der Waals surface area (Å²) in [5, 5.41) is 3.39. The molecule has 0 heterocycles. The summed E-state index contributed by atoms with van der Waals surface area (Å²) in [6, 6.07) is 0.577. The van der Waals surface area contributed by atoms with E-state index in [0.29, 0.717) is 17.7 Å². The van der Waals surface area contributed by atoms with Crippen LogP contribution in [0.5, 0.6) is 0 Å². The molecule has 1 N–H and O–H groups in total. The highest BCUT2D eigenvalue weighted by atomic mass is 16.1. The summed E-state index contributed by atoms with van der Waals surface area (Å²) >= 11 is 0. The number of ketones is 1. The first-order valence-electron chi connectivity index (χ1n) is 6.77. The third-order valence-electron chi connectivity index (χ3n) is 2.69. The largest absolute Gasteiger partial charge is 0.315 e. The first-order chi connectivity index (χ1) is 7.52. The van der Waals surface area contributed by atoms with Gasteiger partial charge in [-0.1, -0.05) is 34.1 Å². The fraction of sp³-hybridized carbons (Fsp3) is 0.929. The third kappa shape index (κ3) is 11.7. The van der Waals surface area contributed by atoms with E-state index in [1.54, 1.807) is 0 Å². The van der Waals surface area contributed by atoms with Crippen LogP contribution in [0.25, 0.3) is 0 Å². The molecule has 96 valence electrons. The van der Waals surface area contributed by atoms with Crippen molar-refractivity contribution in [2.75, 3.05) is 6.54 Å². The lowest BCUT2D eigenvalue weighted by Crippen LogP contribution is -2.23. The Labute approximate surface area is 101 Å². The minimum absolute atomic E-state index is 0.450. The number of carbonyl (C=O) groups excluding carboxylic acids is 1. The van der Waals surface area contributed by atoms with E-state index in [0.717, 1.165) is 32.2 Å². The Bertz CT molecular complexity index is 176. The summed E-state index contributed by atoms with van der Waals surface area (Å²) in [7, 11) is 0. The molecule has 0 unspecified atom stereocenters. The summed E-state index contributed by atoms with van der Waals surface area (Å²) in [6.07, 6.45) is 6.05. The molecule has 0 aromatic heterocycles. The maximum Gasteiger partial charge on any atom is 0.132 e. The number of Topliss-reactive ketones (excluding diaryl/α,β-unsaturated/α-hetero) is 1. The molecule has 2 nitrogen and oxygen atoms in total. The summed E-state index contributed by atoms with van der Waals surface area (Å²) in [5.41, 5.74) is 0. The van der Waals surface area contributed by atoms with Crippen molar-refractivity contribution in [3.05, 3.63) is 0 Å². The van der Waals surface area contributed by atoms with E-state index in [9.17, 15) is 4.79 Å². The zero-order valence-corrected chi connectivity index (χ0v) is 11.5. The number of rotatable bonds is 10. The average molecular weight is 227 g/mol. The quantitative estimate of drug-likeness (QED) is 0.578. The standard InChI is InChI=1S/C14H29NO/c1-12(2)9-10-14(16)8-6-5-7-11-15-13(3)4/h12-13,15H,5-11H2,1-4H3. The van der Waals surface area contributed by atoms with Gasteiger partial charge in [-0.2, -0.15) is 0 Å². The van der Waals surface area contributed by atoms with Crippen LogP contribution in [-0.4, -0.2) is 18.4 Å². The van der Waals surface area contributed by atoms with Crippen molar-refractivity contribution in [3.8, 4) is 0 Å². The van der Waals surface area contributed by atoms with Crippen LogP contribution in [0.1, 0.15) is 66.2 Å². The molecule has 0 bridgehead atoms. The van der Waals surface area contributed by atoms with Crippen molar-refractivity contribution in [1.29, 1.82) is 0 Å². The van der Waals surface area contributed by atoms with E-state index in [1.165, 1.54) is 12.8 Å². The van der Waals surface area contributed by atoms with E-state index in [4.69, 9.17) is 0 Å². The van der Waals surface area contributed by atoms with Gasteiger partial charge in [-0.25, -0.2) is 0 Å². The monoisotopic (exact) mass is 227 g/mol. The summed E-state index contributed by atoms with van der Waals surface area (Å²) in [6.45, 7) is 9.75. The van der Waals surface area contributed by atoms with Gasteiger partial charge < -0.3 is 5.32 Å². The third-order valence-corrected chi connectivity index (χ3v) is 2.69. The van der Waals surface area contributed by atoms with Crippen molar-refractivity contribution in [1.82, 2.24) is 5.32 Å². The molecule has 2 heteroatoms. The van der Waals surface area contributed by atoms with Gasteiger partial charge in [-0.05, 0) is 31.7 Å². The normalized spacial score (nSPS) is 11.4. The van der Waals surface area contributed by atoms with Crippen LogP contribution < -0.4 is 5.32 Å². The lowest BCUT2D eigenvalue weighted by atomic mass is 10.0. The van der Waals surface area contributed by atoms with E-state index in [2.05, 4.69) is 33.0 Å². The van der Waals surface area contributed by atoms with Crippen molar-refractivity contribution in [2.45, 2.75) is 72.3 Å². The number of carbonyl (C=O) groups is 1. The minimum Gasteiger partial charge on any atom is -0.315 e. The maximum absolute atomic E-state index is 11.5. The van der Waals surface area contributed by atoms with E-state index in [-0.39, 0.29) is 0 Å². The van der Waals surface area contributed by atoms with Crippen LogP contribution in [0.15, 0.2) is 0 Å². The molecule has 0 aromatic carbocycles. The molecule has 0 atom stereocenters. The van der Waals surface area contributed by atoms with Gasteiger partial charge in [-0.15, -0.1) is 0 Å². The molecular formula is C14H29NO. The highest BCUT2D eigenvalue weighted by molar-refractivity contribution is 5.78. The summed E-state index contributed by atoms with van der Waals surface area (Å²) < 4.78 is 0. The molecule has 0 saturated heterocycles. The minimum atomic E-state index is 0.450. The Kier molecular flexibility index (Phi) is 9.60. The molecule has 0 saturated carbocycles. The van der Waals surface area contributed by atoms with Gasteiger partial charge in [0.15, 0.2) is 0 Å². The molecule has 0 aliphatic rings.